The second-order valence-electron chi connectivity index (χ2n) is 24.8. The summed E-state index contributed by atoms with van der Waals surface area (Å²) in [6.45, 7) is 0. The molecule has 1 aliphatic heterocycles. The van der Waals surface area contributed by atoms with Crippen LogP contribution in [-0.2, 0) is 0 Å². The lowest BCUT2D eigenvalue weighted by Gasteiger charge is -2.29. The minimum absolute atomic E-state index is 0.253. The van der Waals surface area contributed by atoms with Crippen molar-refractivity contribution in [1.82, 2.24) is 24.5 Å². The molecule has 13 aromatic carbocycles. The number of furan rings is 2. The quantitative estimate of drug-likeness (QED) is 0.150. The van der Waals surface area contributed by atoms with E-state index in [4.69, 9.17) is 28.8 Å². The summed E-state index contributed by atoms with van der Waals surface area (Å²) >= 11 is 0. The minimum Gasteiger partial charge on any atom is -0.452 e. The lowest BCUT2D eigenvalue weighted by atomic mass is 9.91. The Balaban J connectivity index is 0.000000135. The number of benzene rings is 13. The highest BCUT2D eigenvalue weighted by molar-refractivity contribution is 6.13. The third kappa shape index (κ3) is 9.21. The van der Waals surface area contributed by atoms with Crippen molar-refractivity contribution < 1.29 is 8.83 Å². The van der Waals surface area contributed by atoms with Crippen molar-refractivity contribution in [1.29, 1.82) is 0 Å². The van der Waals surface area contributed by atoms with Gasteiger partial charge in [0.15, 0.2) is 22.8 Å². The van der Waals surface area contributed by atoms with Crippen LogP contribution >= 0.6 is 0 Å². The van der Waals surface area contributed by atoms with Crippen LogP contribution < -0.4 is 4.90 Å². The average molecular weight is 1230 g/mol. The van der Waals surface area contributed by atoms with Crippen LogP contribution in [0.4, 0.5) is 11.4 Å². The van der Waals surface area contributed by atoms with Crippen molar-refractivity contribution in [2.45, 2.75) is 12.0 Å². The zero-order valence-corrected chi connectivity index (χ0v) is 51.8. The molecule has 0 radical (unpaired) electrons. The van der Waals surface area contributed by atoms with Gasteiger partial charge in [0.25, 0.3) is 0 Å². The molecule has 20 rings (SSSR count). The molecule has 2 aliphatic rings. The van der Waals surface area contributed by atoms with E-state index < -0.39 is 0 Å². The molecule has 8 heteroatoms. The van der Waals surface area contributed by atoms with Crippen molar-refractivity contribution >= 4 is 98.9 Å². The molecule has 6 heterocycles. The Bertz CT molecular complexity index is 6140. The largest absolute Gasteiger partial charge is 0.452 e. The predicted molar refractivity (Wildman–Crippen MR) is 394 cm³/mol. The van der Waals surface area contributed by atoms with E-state index >= 15 is 0 Å². The maximum Gasteiger partial charge on any atom is 0.180 e. The number of allylic oxidation sites excluding steroid dienone is 2. The summed E-state index contributed by atoms with van der Waals surface area (Å²) in [6.07, 6.45) is 8.97. The van der Waals surface area contributed by atoms with Crippen molar-refractivity contribution in [3.8, 4) is 73.2 Å². The zero-order chi connectivity index (χ0) is 63.2. The van der Waals surface area contributed by atoms with Crippen molar-refractivity contribution in [2.75, 3.05) is 4.90 Å². The lowest BCUT2D eigenvalue weighted by Crippen LogP contribution is -2.28. The van der Waals surface area contributed by atoms with E-state index in [1.165, 1.54) is 44.1 Å². The number of para-hydroxylation sites is 3. The van der Waals surface area contributed by atoms with E-state index in [9.17, 15) is 0 Å². The minimum atomic E-state index is 0.253. The molecule has 96 heavy (non-hydrogen) atoms. The molecule has 5 aromatic heterocycles. The topological polar surface area (TPSA) is 86.0 Å². The fourth-order valence-corrected chi connectivity index (χ4v) is 14.7. The number of aromatic nitrogens is 5. The highest BCUT2D eigenvalue weighted by Crippen LogP contribution is 2.49. The molecule has 0 amide bonds. The number of nitrogens with zero attached hydrogens (tertiary/aromatic N) is 6. The van der Waals surface area contributed by atoms with Crippen LogP contribution in [0.3, 0.4) is 0 Å². The number of hydrogen-bond acceptors (Lipinski definition) is 7. The molecule has 0 fully saturated rings. The molecule has 8 nitrogen and oxygen atoms in total. The Kier molecular flexibility index (Phi) is 12.9. The Morgan fingerprint density at radius 3 is 1.50 bits per heavy atom. The van der Waals surface area contributed by atoms with Crippen molar-refractivity contribution in [3.63, 3.8) is 0 Å². The predicted octanol–water partition coefficient (Wildman–Crippen LogP) is 22.9. The van der Waals surface area contributed by atoms with Gasteiger partial charge in [-0.2, -0.15) is 0 Å². The van der Waals surface area contributed by atoms with E-state index in [0.717, 1.165) is 111 Å². The number of hydrogen-bond donors (Lipinski definition) is 0. The number of rotatable bonds is 8. The van der Waals surface area contributed by atoms with Gasteiger partial charge in [-0.15, -0.1) is 0 Å². The molecule has 450 valence electrons. The van der Waals surface area contributed by atoms with Crippen LogP contribution in [0.25, 0.3) is 161 Å². The molecule has 0 saturated carbocycles. The monoisotopic (exact) mass is 1230 g/mol. The van der Waals surface area contributed by atoms with Gasteiger partial charge in [0.1, 0.15) is 33.6 Å². The van der Waals surface area contributed by atoms with Crippen molar-refractivity contribution in [2.24, 2.45) is 0 Å². The van der Waals surface area contributed by atoms with Gasteiger partial charge in [-0.3, -0.25) is 0 Å². The Morgan fingerprint density at radius 2 is 0.812 bits per heavy atom. The fraction of sp³-hybridized carbons (Fsp3) is 0.0227. The van der Waals surface area contributed by atoms with Crippen LogP contribution in [0, 0.1) is 0 Å². The number of fused-ring (bicyclic) bond motifs is 14. The summed E-state index contributed by atoms with van der Waals surface area (Å²) in [5.41, 5.74) is 21.9. The molecular weight excluding hydrogens is 1170 g/mol. The summed E-state index contributed by atoms with van der Waals surface area (Å²) in [5, 5.41) is 9.07. The van der Waals surface area contributed by atoms with Crippen LogP contribution in [0.5, 0.6) is 0 Å². The summed E-state index contributed by atoms with van der Waals surface area (Å²) < 4.78 is 15.6. The Morgan fingerprint density at radius 1 is 0.312 bits per heavy atom. The molecule has 2 unspecified atom stereocenters. The maximum absolute atomic E-state index is 6.62. The first-order chi connectivity index (χ1) is 47.6. The summed E-state index contributed by atoms with van der Waals surface area (Å²) in [7, 11) is 0. The first-order valence-corrected chi connectivity index (χ1v) is 32.6. The van der Waals surface area contributed by atoms with Crippen LogP contribution in [-0.4, -0.2) is 30.5 Å². The maximum atomic E-state index is 6.62. The second kappa shape index (κ2) is 22.5. The SMILES string of the molecule is C1=CC2c3ccccc3N(c3cccc(-c4ccc5oc6c(-c7cccc8ccccc78)nc(-c7ccccc7)nc6c5c4)c3)C2C=C1.c1ccc(-c2nc(-c3ccc4ccccc4c3)c3oc4ccc(-c5cccc(-n6c7ccccc7c7ccccc76)c5)cc4c3n2)cc1. The smallest absolute Gasteiger partial charge is 0.180 e. The van der Waals surface area contributed by atoms with Crippen LogP contribution in [0.2, 0.25) is 0 Å². The van der Waals surface area contributed by atoms with Gasteiger partial charge in [0.05, 0.1) is 17.1 Å². The molecule has 18 aromatic rings. The summed E-state index contributed by atoms with van der Waals surface area (Å²) in [4.78, 5) is 23.0. The highest BCUT2D eigenvalue weighted by Gasteiger charge is 2.37. The van der Waals surface area contributed by atoms with Gasteiger partial charge in [-0.05, 0) is 122 Å². The summed E-state index contributed by atoms with van der Waals surface area (Å²) in [6, 6.07) is 107. The van der Waals surface area contributed by atoms with E-state index in [1.807, 2.05) is 36.4 Å². The first-order valence-electron chi connectivity index (χ1n) is 32.6. The van der Waals surface area contributed by atoms with E-state index in [1.54, 1.807) is 0 Å². The van der Waals surface area contributed by atoms with Gasteiger partial charge in [-0.1, -0.05) is 255 Å². The molecule has 0 N–H and O–H groups in total. The van der Waals surface area contributed by atoms with Gasteiger partial charge in [-0.25, -0.2) is 19.9 Å². The third-order valence-corrected chi connectivity index (χ3v) is 19.2. The van der Waals surface area contributed by atoms with Gasteiger partial charge >= 0.3 is 0 Å². The van der Waals surface area contributed by atoms with Gasteiger partial charge in [0.2, 0.25) is 0 Å². The van der Waals surface area contributed by atoms with Crippen LogP contribution in [0.1, 0.15) is 11.5 Å². The number of anilines is 2. The molecule has 2 atom stereocenters. The second-order valence-corrected chi connectivity index (χ2v) is 24.8. The fourth-order valence-electron chi connectivity index (χ4n) is 14.7. The van der Waals surface area contributed by atoms with Gasteiger partial charge in [0, 0.05) is 66.8 Å². The first kappa shape index (κ1) is 54.9. The highest BCUT2D eigenvalue weighted by atomic mass is 16.3. The zero-order valence-electron chi connectivity index (χ0n) is 51.8. The van der Waals surface area contributed by atoms with E-state index in [2.05, 4.69) is 301 Å². The average Bonchev–Trinajstić information content (AvgIpc) is 1.69. The summed E-state index contributed by atoms with van der Waals surface area (Å²) in [5.74, 6) is 1.70. The lowest BCUT2D eigenvalue weighted by molar-refractivity contribution is 0.667. The normalized spacial score (nSPS) is 14.1. The van der Waals surface area contributed by atoms with E-state index in [0.29, 0.717) is 28.7 Å². The molecule has 0 spiro atoms. The Labute approximate surface area is 552 Å². The van der Waals surface area contributed by atoms with Crippen molar-refractivity contribution in [3.05, 3.63) is 333 Å². The molecular formula is C88H56N6O2. The van der Waals surface area contributed by atoms with E-state index in [-0.39, 0.29) is 6.04 Å². The molecule has 0 bridgehead atoms. The molecule has 0 saturated heterocycles. The standard InChI is InChI=1S/C44H29N3O.C44H27N3O/c1-2-13-29(14-3-1)44-45-41(36-21-11-15-28-12-4-5-18-33(28)36)43-42(46-44)37-27-31(24-25-40(37)48-43)30-16-10-17-32(26-30)47-38-22-8-6-19-34(38)35-20-7-9-23-39(35)47;1-2-12-29(13-3-1)44-45-41(33-22-21-28-11-4-5-14-30(28)25-33)43-42(46-44)37-27-32(23-24-40(37)48-43)31-15-10-16-34(26-31)47-38-19-8-6-17-35(38)36-18-7-9-20-39(36)47/h1-27,34,38H;1-27H. The molecule has 1 aliphatic carbocycles. The van der Waals surface area contributed by atoms with Gasteiger partial charge < -0.3 is 18.3 Å². The Hall–Kier alpha value is -12.8. The van der Waals surface area contributed by atoms with Crippen LogP contribution in [0.15, 0.2) is 336 Å². The third-order valence-electron chi connectivity index (χ3n) is 19.2.